The molecule has 0 unspecified atom stereocenters. The third-order valence-electron chi connectivity index (χ3n) is 5.22. The lowest BCUT2D eigenvalue weighted by atomic mass is 10.1. The van der Waals surface area contributed by atoms with Crippen LogP contribution in [0, 0.1) is 6.07 Å². The van der Waals surface area contributed by atoms with E-state index in [0.717, 1.165) is 17.7 Å². The van der Waals surface area contributed by atoms with Crippen molar-refractivity contribution in [2.45, 2.75) is 13.0 Å². The summed E-state index contributed by atoms with van der Waals surface area (Å²) in [6, 6.07) is 31.2. The van der Waals surface area contributed by atoms with E-state index in [0.29, 0.717) is 40.9 Å². The lowest BCUT2D eigenvalue weighted by Crippen LogP contribution is -2.23. The minimum absolute atomic E-state index is 0.234. The van der Waals surface area contributed by atoms with E-state index in [9.17, 15) is 4.79 Å². The highest BCUT2D eigenvalue weighted by Crippen LogP contribution is 2.27. The molecule has 1 radical (unpaired) electrons. The highest BCUT2D eigenvalue weighted by Gasteiger charge is 2.12. The molecule has 34 heavy (non-hydrogen) atoms. The molecule has 0 bridgehead atoms. The van der Waals surface area contributed by atoms with Gasteiger partial charge in [0.2, 0.25) is 0 Å². The van der Waals surface area contributed by atoms with E-state index >= 15 is 0 Å². The summed E-state index contributed by atoms with van der Waals surface area (Å²) in [5.41, 5.74) is 10.5. The van der Waals surface area contributed by atoms with E-state index in [-0.39, 0.29) is 5.91 Å². The highest BCUT2D eigenvalue weighted by molar-refractivity contribution is 6.31. The molecule has 1 amide bonds. The number of hydrogen-bond donors (Lipinski definition) is 3. The molecule has 4 aromatic rings. The van der Waals surface area contributed by atoms with Gasteiger partial charge in [0, 0.05) is 41.5 Å². The van der Waals surface area contributed by atoms with E-state index in [1.54, 1.807) is 36.4 Å². The summed E-state index contributed by atoms with van der Waals surface area (Å²) in [4.78, 5) is 12.9. The largest absolute Gasteiger partial charge is 0.493 e. The van der Waals surface area contributed by atoms with Gasteiger partial charge in [-0.15, -0.1) is 0 Å². The normalized spacial score (nSPS) is 10.5. The number of carbonyl (C=O) groups is 1. The summed E-state index contributed by atoms with van der Waals surface area (Å²) in [7, 11) is 0. The molecule has 4 rings (SSSR count). The SMILES string of the molecule is Nc1cc(Nc2cc[c]cc2C(=O)NCc2ccccc2Cl)cc(OCCc2ccccc2)c1. The predicted molar refractivity (Wildman–Crippen MR) is 138 cm³/mol. The number of amides is 1. The lowest BCUT2D eigenvalue weighted by Gasteiger charge is -2.14. The van der Waals surface area contributed by atoms with Gasteiger partial charge in [-0.1, -0.05) is 66.2 Å². The zero-order valence-electron chi connectivity index (χ0n) is 18.6. The first-order valence-electron chi connectivity index (χ1n) is 10.9. The van der Waals surface area contributed by atoms with Crippen LogP contribution in [0.4, 0.5) is 17.1 Å². The van der Waals surface area contributed by atoms with Gasteiger partial charge in [0.05, 0.1) is 17.9 Å². The van der Waals surface area contributed by atoms with E-state index < -0.39 is 0 Å². The highest BCUT2D eigenvalue weighted by atomic mass is 35.5. The van der Waals surface area contributed by atoms with Crippen LogP contribution in [-0.2, 0) is 13.0 Å². The molecule has 5 nitrogen and oxygen atoms in total. The number of nitrogen functional groups attached to an aromatic ring is 1. The Balaban J connectivity index is 1.43. The Hall–Kier alpha value is -3.96. The predicted octanol–water partition coefficient (Wildman–Crippen LogP) is 6.02. The van der Waals surface area contributed by atoms with Gasteiger partial charge in [-0.2, -0.15) is 0 Å². The van der Waals surface area contributed by atoms with Gasteiger partial charge in [-0.05, 0) is 41.5 Å². The molecule has 171 valence electrons. The van der Waals surface area contributed by atoms with Gasteiger partial charge >= 0.3 is 0 Å². The van der Waals surface area contributed by atoms with Crippen LogP contribution in [0.1, 0.15) is 21.5 Å². The van der Waals surface area contributed by atoms with Crippen LogP contribution in [0.5, 0.6) is 5.75 Å². The van der Waals surface area contributed by atoms with Crippen LogP contribution in [0.3, 0.4) is 0 Å². The van der Waals surface area contributed by atoms with Crippen molar-refractivity contribution in [2.24, 2.45) is 0 Å². The second-order valence-corrected chi connectivity index (χ2v) is 8.15. The molecule has 4 N–H and O–H groups in total. The first-order valence-corrected chi connectivity index (χ1v) is 11.3. The smallest absolute Gasteiger partial charge is 0.253 e. The summed E-state index contributed by atoms with van der Waals surface area (Å²) in [6.07, 6.45) is 0.794. The molecular weight excluding hydrogens is 446 g/mol. The number of anilines is 3. The Morgan fingerprint density at radius 1 is 1.00 bits per heavy atom. The van der Waals surface area contributed by atoms with Crippen LogP contribution in [-0.4, -0.2) is 12.5 Å². The zero-order chi connectivity index (χ0) is 23.8. The van der Waals surface area contributed by atoms with Gasteiger partial charge < -0.3 is 21.1 Å². The van der Waals surface area contributed by atoms with E-state index in [2.05, 4.69) is 28.8 Å². The van der Waals surface area contributed by atoms with Crippen molar-refractivity contribution in [1.82, 2.24) is 5.32 Å². The standard InChI is InChI=1S/C28H25ClN3O2/c29-26-12-6-4-10-21(26)19-31-28(33)25-11-5-7-13-27(25)32-23-16-22(30)17-24(18-23)34-15-14-20-8-2-1-3-9-20/h1-4,6-13,16-18,32H,14-15,19,30H2,(H,31,33). The van der Waals surface area contributed by atoms with Crippen molar-refractivity contribution in [3.8, 4) is 5.75 Å². The lowest BCUT2D eigenvalue weighted by molar-refractivity contribution is 0.0951. The number of ether oxygens (including phenoxy) is 1. The van der Waals surface area contributed by atoms with Crippen molar-refractivity contribution in [3.63, 3.8) is 0 Å². The van der Waals surface area contributed by atoms with E-state index in [1.165, 1.54) is 5.56 Å². The number of halogens is 1. The molecule has 0 fully saturated rings. The van der Waals surface area contributed by atoms with Crippen LogP contribution >= 0.6 is 11.6 Å². The Bertz CT molecular complexity index is 1260. The van der Waals surface area contributed by atoms with Gasteiger partial charge in [-0.3, -0.25) is 4.79 Å². The Morgan fingerprint density at radius 2 is 1.79 bits per heavy atom. The van der Waals surface area contributed by atoms with Crippen molar-refractivity contribution in [3.05, 3.63) is 119 Å². The minimum Gasteiger partial charge on any atom is -0.493 e. The van der Waals surface area contributed by atoms with E-state index in [1.807, 2.05) is 42.5 Å². The van der Waals surface area contributed by atoms with Crippen molar-refractivity contribution < 1.29 is 9.53 Å². The summed E-state index contributed by atoms with van der Waals surface area (Å²) in [5, 5.41) is 6.81. The number of carbonyl (C=O) groups excluding carboxylic acids is 1. The monoisotopic (exact) mass is 470 g/mol. The number of benzene rings is 4. The molecular formula is C28H25ClN3O2. The molecule has 4 aromatic carbocycles. The molecule has 0 saturated carbocycles. The summed E-state index contributed by atoms with van der Waals surface area (Å²) < 4.78 is 5.93. The van der Waals surface area contributed by atoms with Crippen molar-refractivity contribution in [2.75, 3.05) is 17.7 Å². The molecule has 0 atom stereocenters. The average Bonchev–Trinajstić information content (AvgIpc) is 2.84. The third kappa shape index (κ3) is 6.30. The average molecular weight is 471 g/mol. The maximum Gasteiger partial charge on any atom is 0.253 e. The number of nitrogens with one attached hydrogen (secondary N) is 2. The maximum atomic E-state index is 12.9. The molecule has 0 aliphatic carbocycles. The third-order valence-corrected chi connectivity index (χ3v) is 5.58. The van der Waals surface area contributed by atoms with Crippen LogP contribution in [0.25, 0.3) is 0 Å². The minimum atomic E-state index is -0.234. The van der Waals surface area contributed by atoms with Crippen molar-refractivity contribution in [1.29, 1.82) is 0 Å². The van der Waals surface area contributed by atoms with Crippen LogP contribution in [0.15, 0.2) is 91.0 Å². The fraction of sp³-hybridized carbons (Fsp3) is 0.107. The fourth-order valence-electron chi connectivity index (χ4n) is 3.50. The summed E-state index contributed by atoms with van der Waals surface area (Å²) in [5.74, 6) is 0.424. The Kier molecular flexibility index (Phi) is 7.68. The van der Waals surface area contributed by atoms with Gasteiger partial charge in [0.25, 0.3) is 5.91 Å². The van der Waals surface area contributed by atoms with E-state index in [4.69, 9.17) is 22.1 Å². The van der Waals surface area contributed by atoms with Crippen molar-refractivity contribution >= 4 is 34.6 Å². The topological polar surface area (TPSA) is 76.4 Å². The quantitative estimate of drug-likeness (QED) is 0.261. The molecule has 0 saturated heterocycles. The van der Waals surface area contributed by atoms with Crippen LogP contribution in [0.2, 0.25) is 5.02 Å². The molecule has 0 heterocycles. The molecule has 0 aliphatic rings. The Labute approximate surface area is 204 Å². The first kappa shape index (κ1) is 23.2. The second kappa shape index (κ2) is 11.3. The summed E-state index contributed by atoms with van der Waals surface area (Å²) in [6.45, 7) is 0.855. The molecule has 0 aliphatic heterocycles. The Morgan fingerprint density at radius 3 is 2.62 bits per heavy atom. The molecule has 0 aromatic heterocycles. The van der Waals surface area contributed by atoms with Gasteiger partial charge in [0.1, 0.15) is 5.75 Å². The number of nitrogens with two attached hydrogens (primary N) is 1. The first-order chi connectivity index (χ1) is 16.6. The zero-order valence-corrected chi connectivity index (χ0v) is 19.3. The molecule has 0 spiro atoms. The number of hydrogen-bond acceptors (Lipinski definition) is 4. The van der Waals surface area contributed by atoms with Crippen LogP contribution < -0.4 is 21.1 Å². The summed E-state index contributed by atoms with van der Waals surface area (Å²) >= 11 is 6.20. The maximum absolute atomic E-state index is 12.9. The fourth-order valence-corrected chi connectivity index (χ4v) is 3.71. The molecule has 6 heteroatoms. The van der Waals surface area contributed by atoms with Gasteiger partial charge in [-0.25, -0.2) is 0 Å². The van der Waals surface area contributed by atoms with Gasteiger partial charge in [0.15, 0.2) is 0 Å². The second-order valence-electron chi connectivity index (χ2n) is 7.75. The number of rotatable bonds is 9.